The molecule has 0 amide bonds. The summed E-state index contributed by atoms with van der Waals surface area (Å²) in [7, 11) is -6.15. The SMILES string of the molecule is CCC(C)(CC(C)(CC(C)(C)C(=O)OCC(F)(F)F)C(=O)OCCO)C(=O)OCC(F)(F)S(=O)(=O)[O-]. The largest absolute Gasteiger partial charge is 0.743 e. The number of esters is 3. The summed E-state index contributed by atoms with van der Waals surface area (Å²) in [6, 6.07) is 0. The number of rotatable bonds is 14. The van der Waals surface area contributed by atoms with Gasteiger partial charge in [-0.3, -0.25) is 14.4 Å². The van der Waals surface area contributed by atoms with Gasteiger partial charge in [0.15, 0.2) is 23.3 Å². The molecule has 16 heteroatoms. The molecule has 0 aromatic heterocycles. The summed E-state index contributed by atoms with van der Waals surface area (Å²) in [6.45, 7) is 1.01. The zero-order valence-corrected chi connectivity index (χ0v) is 21.2. The second-order valence-corrected chi connectivity index (χ2v) is 10.9. The summed E-state index contributed by atoms with van der Waals surface area (Å²) in [5.41, 5.74) is -5.38. The van der Waals surface area contributed by atoms with E-state index in [9.17, 15) is 49.3 Å². The van der Waals surface area contributed by atoms with Crippen LogP contribution < -0.4 is 0 Å². The van der Waals surface area contributed by atoms with Gasteiger partial charge in [-0.15, -0.1) is 0 Å². The zero-order chi connectivity index (χ0) is 28.8. The van der Waals surface area contributed by atoms with E-state index < -0.39 is 95.0 Å². The smallest absolute Gasteiger partial charge is 0.422 e. The van der Waals surface area contributed by atoms with Crippen LogP contribution in [0.3, 0.4) is 0 Å². The molecule has 0 fully saturated rings. The fraction of sp³-hybridized carbons (Fsp3) is 0.850. The molecule has 2 unspecified atom stereocenters. The highest BCUT2D eigenvalue weighted by Gasteiger charge is 2.51. The number of aliphatic hydroxyl groups excluding tert-OH is 1. The first-order valence-electron chi connectivity index (χ1n) is 10.5. The fourth-order valence-electron chi connectivity index (χ4n) is 3.51. The maximum atomic E-state index is 13.4. The Morgan fingerprint density at radius 2 is 1.28 bits per heavy atom. The van der Waals surface area contributed by atoms with E-state index in [2.05, 4.69) is 9.47 Å². The number of carbonyl (C=O) groups is 3. The lowest BCUT2D eigenvalue weighted by atomic mass is 9.65. The Bertz CT molecular complexity index is 903. The molecular formula is C20H30F5O10S-. The maximum Gasteiger partial charge on any atom is 0.422 e. The third-order valence-electron chi connectivity index (χ3n) is 5.36. The predicted molar refractivity (Wildman–Crippen MR) is 110 cm³/mol. The molecule has 0 bridgehead atoms. The van der Waals surface area contributed by atoms with E-state index >= 15 is 0 Å². The van der Waals surface area contributed by atoms with Gasteiger partial charge in [0.05, 0.1) is 22.9 Å². The molecule has 0 rings (SSSR count). The van der Waals surface area contributed by atoms with Gasteiger partial charge < -0.3 is 23.9 Å². The van der Waals surface area contributed by atoms with Crippen LogP contribution in [0.1, 0.15) is 53.9 Å². The standard InChI is InChI=1S/C20H31F5O10S/c1-6-17(4,14(28)35-12-20(24,25)36(30,31)32)10-18(5,15(29)33-8-7-26)9-16(2,3)13(27)34-11-19(21,22)23/h26H,6-12H2,1-5H3,(H,30,31,32)/p-1. The third kappa shape index (κ3) is 9.76. The first-order chi connectivity index (χ1) is 16.0. The second-order valence-electron chi connectivity index (χ2n) is 9.43. The van der Waals surface area contributed by atoms with Crippen molar-refractivity contribution in [1.29, 1.82) is 0 Å². The van der Waals surface area contributed by atoms with Crippen molar-refractivity contribution in [2.24, 2.45) is 16.2 Å². The van der Waals surface area contributed by atoms with Crippen molar-refractivity contribution in [2.75, 3.05) is 26.4 Å². The summed E-state index contributed by atoms with van der Waals surface area (Å²) in [5.74, 6) is -3.82. The molecule has 10 nitrogen and oxygen atoms in total. The van der Waals surface area contributed by atoms with E-state index in [4.69, 9.17) is 9.84 Å². The van der Waals surface area contributed by atoms with Crippen LogP contribution in [0.5, 0.6) is 0 Å². The number of hydrogen-bond acceptors (Lipinski definition) is 10. The van der Waals surface area contributed by atoms with E-state index in [0.29, 0.717) is 0 Å². The number of halogens is 5. The minimum absolute atomic E-state index is 0.177. The Hall–Kier alpha value is -2.07. The van der Waals surface area contributed by atoms with Crippen LogP contribution in [0.25, 0.3) is 0 Å². The molecule has 0 aliphatic rings. The molecule has 0 radical (unpaired) electrons. The molecule has 0 saturated heterocycles. The molecule has 1 N–H and O–H groups in total. The summed E-state index contributed by atoms with van der Waals surface area (Å²) in [4.78, 5) is 37.8. The summed E-state index contributed by atoms with van der Waals surface area (Å²) in [6.07, 6.45) is -6.11. The van der Waals surface area contributed by atoms with E-state index in [0.717, 1.165) is 0 Å². The average molecular weight is 558 g/mol. The van der Waals surface area contributed by atoms with Crippen LogP contribution >= 0.6 is 0 Å². The van der Waals surface area contributed by atoms with Crippen molar-refractivity contribution in [3.63, 3.8) is 0 Å². The predicted octanol–water partition coefficient (Wildman–Crippen LogP) is 2.54. The minimum Gasteiger partial charge on any atom is -0.743 e. The van der Waals surface area contributed by atoms with Crippen molar-refractivity contribution in [3.05, 3.63) is 0 Å². The van der Waals surface area contributed by atoms with Gasteiger partial charge in [-0.1, -0.05) is 6.92 Å². The molecular weight excluding hydrogens is 527 g/mol. The Balaban J connectivity index is 6.03. The zero-order valence-electron chi connectivity index (χ0n) is 20.4. The molecule has 0 spiro atoms. The van der Waals surface area contributed by atoms with E-state index in [1.807, 2.05) is 0 Å². The Morgan fingerprint density at radius 3 is 1.69 bits per heavy atom. The van der Waals surface area contributed by atoms with Crippen LogP contribution in [0.4, 0.5) is 22.0 Å². The number of hydrogen-bond donors (Lipinski definition) is 1. The van der Waals surface area contributed by atoms with Gasteiger partial charge in [0.2, 0.25) is 0 Å². The third-order valence-corrected chi connectivity index (χ3v) is 6.21. The molecule has 0 aromatic rings. The summed E-state index contributed by atoms with van der Waals surface area (Å²) < 4.78 is 110. The topological polar surface area (TPSA) is 156 Å². The van der Waals surface area contributed by atoms with Gasteiger partial charge in [-0.25, -0.2) is 8.42 Å². The first-order valence-corrected chi connectivity index (χ1v) is 11.9. The lowest BCUT2D eigenvalue weighted by Crippen LogP contribution is -2.45. The van der Waals surface area contributed by atoms with E-state index in [1.54, 1.807) is 0 Å². The van der Waals surface area contributed by atoms with Gasteiger partial charge in [-0.05, 0) is 47.0 Å². The van der Waals surface area contributed by atoms with Crippen molar-refractivity contribution >= 4 is 28.0 Å². The summed E-state index contributed by atoms with van der Waals surface area (Å²) >= 11 is 0. The van der Waals surface area contributed by atoms with Crippen molar-refractivity contribution in [3.8, 4) is 0 Å². The number of aliphatic hydroxyl groups is 1. The Kier molecular flexibility index (Phi) is 11.3. The maximum absolute atomic E-state index is 13.4. The van der Waals surface area contributed by atoms with Crippen molar-refractivity contribution < 1.29 is 68.6 Å². The van der Waals surface area contributed by atoms with Gasteiger partial charge in [-0.2, -0.15) is 22.0 Å². The van der Waals surface area contributed by atoms with E-state index in [-0.39, 0.29) is 6.42 Å². The van der Waals surface area contributed by atoms with Crippen molar-refractivity contribution in [2.45, 2.75) is 65.3 Å². The quantitative estimate of drug-likeness (QED) is 0.146. The van der Waals surface area contributed by atoms with Crippen LogP contribution in [-0.2, 0) is 38.7 Å². The highest BCUT2D eigenvalue weighted by molar-refractivity contribution is 7.86. The average Bonchev–Trinajstić information content (AvgIpc) is 2.71. The number of ether oxygens (including phenoxy) is 3. The highest BCUT2D eigenvalue weighted by atomic mass is 32.2. The highest BCUT2D eigenvalue weighted by Crippen LogP contribution is 2.46. The van der Waals surface area contributed by atoms with Crippen LogP contribution in [0, 0.1) is 16.2 Å². The number of alkyl halides is 5. The molecule has 0 aromatic carbocycles. The van der Waals surface area contributed by atoms with Gasteiger partial charge >= 0.3 is 29.3 Å². The molecule has 212 valence electrons. The van der Waals surface area contributed by atoms with Gasteiger partial charge in [0, 0.05) is 0 Å². The lowest BCUT2D eigenvalue weighted by molar-refractivity contribution is -0.194. The molecule has 0 heterocycles. The molecule has 0 aliphatic carbocycles. The lowest BCUT2D eigenvalue weighted by Gasteiger charge is -2.39. The van der Waals surface area contributed by atoms with Gasteiger partial charge in [0.25, 0.3) is 0 Å². The fourth-order valence-corrected chi connectivity index (χ4v) is 3.71. The molecule has 36 heavy (non-hydrogen) atoms. The van der Waals surface area contributed by atoms with Gasteiger partial charge in [0.1, 0.15) is 6.61 Å². The minimum atomic E-state index is -6.15. The van der Waals surface area contributed by atoms with Crippen LogP contribution in [0.15, 0.2) is 0 Å². The van der Waals surface area contributed by atoms with Crippen LogP contribution in [0.2, 0.25) is 0 Å². The van der Waals surface area contributed by atoms with Crippen molar-refractivity contribution in [1.82, 2.24) is 0 Å². The van der Waals surface area contributed by atoms with E-state index in [1.165, 1.54) is 34.6 Å². The Labute approximate surface area is 205 Å². The first kappa shape index (κ1) is 33.9. The molecule has 0 aliphatic heterocycles. The second kappa shape index (κ2) is 12.0. The Morgan fingerprint density at radius 1 is 0.806 bits per heavy atom. The normalized spacial score (nSPS) is 16.4. The molecule has 2 atom stereocenters. The number of carbonyl (C=O) groups excluding carboxylic acids is 3. The van der Waals surface area contributed by atoms with Crippen LogP contribution in [-0.4, -0.2) is 73.8 Å². The monoisotopic (exact) mass is 557 g/mol. The summed E-state index contributed by atoms with van der Waals surface area (Å²) in [5, 5.41) is 4.02. The molecule has 0 saturated carbocycles.